The lowest BCUT2D eigenvalue weighted by Crippen LogP contribution is -2.31. The quantitative estimate of drug-likeness (QED) is 0.844. The lowest BCUT2D eigenvalue weighted by molar-refractivity contribution is 0.0951. The van der Waals surface area contributed by atoms with Gasteiger partial charge in [0.25, 0.3) is 5.91 Å². The predicted molar refractivity (Wildman–Crippen MR) is 85.6 cm³/mol. The second kappa shape index (κ2) is 7.11. The number of hydrogen-bond donors (Lipinski definition) is 1. The number of hydrogen-bond acceptors (Lipinski definition) is 4. The van der Waals surface area contributed by atoms with E-state index in [1.807, 2.05) is 19.0 Å². The Balaban J connectivity index is 2.86. The number of likely N-dealkylation sites (N-methyl/N-ethyl adjacent to an activating group) is 1. The molecule has 0 aliphatic heterocycles. The molecule has 0 saturated heterocycles. The second-order valence-electron chi connectivity index (χ2n) is 4.95. The molecule has 8 heteroatoms. The topological polar surface area (TPSA) is 69.7 Å². The number of carbonyl (C=O) groups excluding carboxylic acids is 1. The van der Waals surface area contributed by atoms with Crippen molar-refractivity contribution in [2.45, 2.75) is 0 Å². The van der Waals surface area contributed by atoms with Crippen LogP contribution in [0.2, 0.25) is 5.02 Å². The summed E-state index contributed by atoms with van der Waals surface area (Å²) in [6.45, 7) is 1.23. The molecule has 1 aromatic rings. The minimum atomic E-state index is -3.36. The molecule has 0 aliphatic carbocycles. The molecule has 0 heterocycles. The van der Waals surface area contributed by atoms with Crippen LogP contribution in [0.25, 0.3) is 0 Å². The molecule has 118 valence electrons. The number of nitrogens with one attached hydrogen (secondary N) is 1. The highest BCUT2D eigenvalue weighted by Crippen LogP contribution is 2.24. The molecule has 1 amide bonds. The third-order valence-electron chi connectivity index (χ3n) is 2.90. The van der Waals surface area contributed by atoms with Gasteiger partial charge in [-0.3, -0.25) is 9.10 Å². The Morgan fingerprint density at radius 1 is 1.29 bits per heavy atom. The van der Waals surface area contributed by atoms with Gasteiger partial charge in [-0.05, 0) is 32.3 Å². The highest BCUT2D eigenvalue weighted by molar-refractivity contribution is 7.92. The van der Waals surface area contributed by atoms with Gasteiger partial charge in [0.2, 0.25) is 10.0 Å². The summed E-state index contributed by atoms with van der Waals surface area (Å²) in [7, 11) is 1.89. The van der Waals surface area contributed by atoms with Crippen LogP contribution in [0.15, 0.2) is 18.2 Å². The molecule has 6 nitrogen and oxygen atoms in total. The fourth-order valence-corrected chi connectivity index (χ4v) is 2.32. The van der Waals surface area contributed by atoms with Crippen LogP contribution in [0.3, 0.4) is 0 Å². The Morgan fingerprint density at radius 3 is 2.38 bits per heavy atom. The monoisotopic (exact) mass is 333 g/mol. The van der Waals surface area contributed by atoms with Gasteiger partial charge < -0.3 is 10.2 Å². The third-order valence-corrected chi connectivity index (χ3v) is 4.42. The van der Waals surface area contributed by atoms with E-state index in [4.69, 9.17) is 11.6 Å². The minimum absolute atomic E-state index is 0.213. The van der Waals surface area contributed by atoms with Gasteiger partial charge in [-0.1, -0.05) is 11.6 Å². The first-order chi connectivity index (χ1) is 9.62. The van der Waals surface area contributed by atoms with E-state index in [1.54, 1.807) is 6.07 Å². The van der Waals surface area contributed by atoms with Crippen molar-refractivity contribution in [2.75, 3.05) is 44.8 Å². The van der Waals surface area contributed by atoms with Gasteiger partial charge in [-0.15, -0.1) is 0 Å². The predicted octanol–water partition coefficient (Wildman–Crippen LogP) is 1.03. The molecule has 1 N–H and O–H groups in total. The van der Waals surface area contributed by atoms with Crippen molar-refractivity contribution in [3.05, 3.63) is 28.8 Å². The molecule has 1 aromatic carbocycles. The van der Waals surface area contributed by atoms with Crippen molar-refractivity contribution in [1.29, 1.82) is 0 Å². The Kier molecular flexibility index (Phi) is 6.00. The first-order valence-electron chi connectivity index (χ1n) is 6.29. The summed E-state index contributed by atoms with van der Waals surface area (Å²) in [6.07, 6.45) is 1.10. The molecule has 0 unspecified atom stereocenters. The first kappa shape index (κ1) is 17.7. The van der Waals surface area contributed by atoms with Crippen molar-refractivity contribution in [3.63, 3.8) is 0 Å². The van der Waals surface area contributed by atoms with Gasteiger partial charge in [0, 0.05) is 20.1 Å². The second-order valence-corrected chi connectivity index (χ2v) is 7.37. The van der Waals surface area contributed by atoms with E-state index in [1.165, 1.54) is 19.2 Å². The Morgan fingerprint density at radius 2 is 1.90 bits per heavy atom. The van der Waals surface area contributed by atoms with Gasteiger partial charge in [0.15, 0.2) is 0 Å². The average molecular weight is 334 g/mol. The van der Waals surface area contributed by atoms with Gasteiger partial charge >= 0.3 is 0 Å². The number of halogens is 1. The number of nitrogens with zero attached hydrogens (tertiary/aromatic N) is 2. The highest BCUT2D eigenvalue weighted by atomic mass is 35.5. The number of amides is 1. The molecule has 21 heavy (non-hydrogen) atoms. The van der Waals surface area contributed by atoms with E-state index < -0.39 is 10.0 Å². The molecular formula is C13H20ClN3O3S. The molecular weight excluding hydrogens is 314 g/mol. The number of benzene rings is 1. The van der Waals surface area contributed by atoms with Crippen LogP contribution in [-0.2, 0) is 10.0 Å². The van der Waals surface area contributed by atoms with Crippen LogP contribution in [-0.4, -0.2) is 59.7 Å². The molecule has 0 atom stereocenters. The van der Waals surface area contributed by atoms with E-state index in [0.717, 1.165) is 17.1 Å². The Labute approximate surface area is 130 Å². The standard InChI is InChI=1S/C13H20ClN3O3S/c1-16(2)8-7-15-13(18)11-6-5-10(9-12(11)14)17(3)21(4,19)20/h5-6,9H,7-8H2,1-4H3,(H,15,18). The maximum atomic E-state index is 12.0. The summed E-state index contributed by atoms with van der Waals surface area (Å²) >= 11 is 6.07. The van der Waals surface area contributed by atoms with E-state index in [-0.39, 0.29) is 10.9 Å². The Bertz CT molecular complexity index is 617. The summed E-state index contributed by atoms with van der Waals surface area (Å²) < 4.78 is 24.0. The molecule has 0 radical (unpaired) electrons. The van der Waals surface area contributed by atoms with E-state index in [9.17, 15) is 13.2 Å². The van der Waals surface area contributed by atoms with Crippen molar-refractivity contribution in [1.82, 2.24) is 10.2 Å². The summed E-state index contributed by atoms with van der Waals surface area (Å²) in [4.78, 5) is 13.9. The number of sulfonamides is 1. The van der Waals surface area contributed by atoms with Crippen molar-refractivity contribution in [2.24, 2.45) is 0 Å². The molecule has 0 aliphatic rings. The molecule has 0 bridgehead atoms. The third kappa shape index (κ3) is 5.18. The number of rotatable bonds is 6. The Hall–Kier alpha value is -1.31. The van der Waals surface area contributed by atoms with Crippen LogP contribution >= 0.6 is 11.6 Å². The number of anilines is 1. The summed E-state index contributed by atoms with van der Waals surface area (Å²) in [6, 6.07) is 4.53. The SMILES string of the molecule is CN(C)CCNC(=O)c1ccc(N(C)S(C)(=O)=O)cc1Cl. The van der Waals surface area contributed by atoms with Gasteiger partial charge in [0.05, 0.1) is 22.5 Å². The van der Waals surface area contributed by atoms with Gasteiger partial charge in [-0.25, -0.2) is 8.42 Å². The fraction of sp³-hybridized carbons (Fsp3) is 0.462. The summed E-state index contributed by atoms with van der Waals surface area (Å²) in [5.74, 6) is -0.282. The summed E-state index contributed by atoms with van der Waals surface area (Å²) in [5, 5.41) is 2.97. The van der Waals surface area contributed by atoms with Crippen LogP contribution < -0.4 is 9.62 Å². The maximum Gasteiger partial charge on any atom is 0.252 e. The van der Waals surface area contributed by atoms with Crippen molar-refractivity contribution in [3.8, 4) is 0 Å². The fourth-order valence-electron chi connectivity index (χ4n) is 1.56. The smallest absolute Gasteiger partial charge is 0.252 e. The molecule has 1 rings (SSSR count). The molecule has 0 aromatic heterocycles. The van der Waals surface area contributed by atoms with Crippen molar-refractivity contribution < 1.29 is 13.2 Å². The number of carbonyl (C=O) groups is 1. The lowest BCUT2D eigenvalue weighted by Gasteiger charge is -2.17. The highest BCUT2D eigenvalue weighted by Gasteiger charge is 2.16. The first-order valence-corrected chi connectivity index (χ1v) is 8.52. The zero-order valence-corrected chi connectivity index (χ0v) is 14.1. The molecule has 0 fully saturated rings. The van der Waals surface area contributed by atoms with E-state index >= 15 is 0 Å². The van der Waals surface area contributed by atoms with Crippen LogP contribution in [0, 0.1) is 0 Å². The lowest BCUT2D eigenvalue weighted by atomic mass is 10.2. The zero-order valence-electron chi connectivity index (χ0n) is 12.6. The van der Waals surface area contributed by atoms with E-state index in [0.29, 0.717) is 17.8 Å². The minimum Gasteiger partial charge on any atom is -0.351 e. The normalized spacial score (nSPS) is 11.5. The molecule has 0 spiro atoms. The van der Waals surface area contributed by atoms with Crippen LogP contribution in [0.4, 0.5) is 5.69 Å². The van der Waals surface area contributed by atoms with Gasteiger partial charge in [-0.2, -0.15) is 0 Å². The molecule has 0 saturated carbocycles. The zero-order chi connectivity index (χ0) is 16.2. The summed E-state index contributed by atoms with van der Waals surface area (Å²) in [5.41, 5.74) is 0.730. The van der Waals surface area contributed by atoms with E-state index in [2.05, 4.69) is 5.32 Å². The average Bonchev–Trinajstić information content (AvgIpc) is 2.35. The van der Waals surface area contributed by atoms with Gasteiger partial charge in [0.1, 0.15) is 0 Å². The van der Waals surface area contributed by atoms with Crippen LogP contribution in [0.1, 0.15) is 10.4 Å². The maximum absolute atomic E-state index is 12.0. The van der Waals surface area contributed by atoms with Crippen LogP contribution in [0.5, 0.6) is 0 Å². The largest absolute Gasteiger partial charge is 0.351 e. The van der Waals surface area contributed by atoms with Crippen molar-refractivity contribution >= 4 is 33.2 Å².